The van der Waals surface area contributed by atoms with Crippen LogP contribution >= 0.6 is 34.9 Å². The number of carbonyl (C=O) groups is 6. The first kappa shape index (κ1) is 30.5. The van der Waals surface area contributed by atoms with Crippen molar-refractivity contribution in [3.8, 4) is 0 Å². The van der Waals surface area contributed by atoms with Gasteiger partial charge in [-0.25, -0.2) is 4.79 Å². The van der Waals surface area contributed by atoms with E-state index in [0.717, 1.165) is 9.91 Å². The number of thioether (sulfide) groups is 2. The van der Waals surface area contributed by atoms with Gasteiger partial charge in [-0.1, -0.05) is 65.6 Å². The molecule has 4 heterocycles. The van der Waals surface area contributed by atoms with Crippen molar-refractivity contribution >= 4 is 70.4 Å². The van der Waals surface area contributed by atoms with E-state index in [9.17, 15) is 33.9 Å². The molecule has 3 atom stereocenters. The van der Waals surface area contributed by atoms with Crippen molar-refractivity contribution in [2.75, 3.05) is 18.1 Å². The Morgan fingerprint density at radius 2 is 1.69 bits per heavy atom. The predicted octanol–water partition coefficient (Wildman–Crippen LogP) is 1.83. The fourth-order valence-electron chi connectivity index (χ4n) is 5.20. The van der Waals surface area contributed by atoms with Crippen LogP contribution in [0.5, 0.6) is 0 Å². The molecule has 2 unspecified atom stereocenters. The van der Waals surface area contributed by atoms with Crippen LogP contribution in [0.3, 0.4) is 0 Å². The monoisotopic (exact) mass is 664 g/mol. The Morgan fingerprint density at radius 1 is 1.02 bits per heavy atom. The Bertz CT molecular complexity index is 1740. The van der Waals surface area contributed by atoms with Crippen LogP contribution in [0.1, 0.15) is 37.3 Å². The fourth-order valence-corrected chi connectivity index (χ4v) is 8.50. The van der Waals surface area contributed by atoms with E-state index in [1.165, 1.54) is 51.9 Å². The highest BCUT2D eigenvalue weighted by Crippen LogP contribution is 2.42. The molecule has 0 aliphatic carbocycles. The summed E-state index contributed by atoms with van der Waals surface area (Å²) in [6.07, 6.45) is 0. The molecule has 16 heteroatoms. The highest BCUT2D eigenvalue weighted by Gasteiger charge is 2.54. The summed E-state index contributed by atoms with van der Waals surface area (Å²) in [5.74, 6) is -3.88. The van der Waals surface area contributed by atoms with Crippen LogP contribution in [0.2, 0.25) is 0 Å². The molecule has 2 aromatic carbocycles. The average molecular weight is 665 g/mol. The lowest BCUT2D eigenvalue weighted by Gasteiger charge is -2.49. The fraction of sp³-hybridized carbons (Fsp3) is 0.241. The molecule has 1 saturated heterocycles. The van der Waals surface area contributed by atoms with Crippen LogP contribution in [-0.2, 0) is 19.2 Å². The number of amides is 5. The van der Waals surface area contributed by atoms with Gasteiger partial charge in [-0.05, 0) is 30.2 Å². The SMILES string of the molecule is Cc1nnc(SCC2=C(C(=O)O)N3C(=O)C(NC(=O)C(NC(=O)CN4C(=O)c5ccccc5C4=O)c4ccccc4)[C@H]3SC2)s1. The van der Waals surface area contributed by atoms with E-state index in [0.29, 0.717) is 27.0 Å². The van der Waals surface area contributed by atoms with Crippen molar-refractivity contribution in [1.82, 2.24) is 30.6 Å². The van der Waals surface area contributed by atoms with Crippen molar-refractivity contribution < 1.29 is 33.9 Å². The van der Waals surface area contributed by atoms with Crippen LogP contribution in [0.4, 0.5) is 0 Å². The number of benzene rings is 2. The zero-order chi connectivity index (χ0) is 31.8. The van der Waals surface area contributed by atoms with Gasteiger partial charge in [0.25, 0.3) is 17.7 Å². The number of nitrogens with zero attached hydrogens (tertiary/aromatic N) is 4. The Morgan fingerprint density at radius 3 is 2.31 bits per heavy atom. The lowest BCUT2D eigenvalue weighted by Crippen LogP contribution is -2.71. The number of carboxylic acids is 1. The maximum absolute atomic E-state index is 13.6. The first-order chi connectivity index (χ1) is 21.6. The quantitative estimate of drug-likeness (QED) is 0.164. The first-order valence-electron chi connectivity index (χ1n) is 13.6. The summed E-state index contributed by atoms with van der Waals surface area (Å²) >= 11 is 4.06. The molecule has 3 aromatic rings. The largest absolute Gasteiger partial charge is 0.477 e. The molecule has 3 aliphatic heterocycles. The highest BCUT2D eigenvalue weighted by molar-refractivity contribution is 8.01. The molecule has 1 aromatic heterocycles. The summed E-state index contributed by atoms with van der Waals surface area (Å²) in [5.41, 5.74) is 1.23. The van der Waals surface area contributed by atoms with Gasteiger partial charge >= 0.3 is 5.97 Å². The van der Waals surface area contributed by atoms with E-state index in [1.54, 1.807) is 42.5 Å². The van der Waals surface area contributed by atoms with Crippen molar-refractivity contribution in [1.29, 1.82) is 0 Å². The van der Waals surface area contributed by atoms with Gasteiger partial charge in [0.2, 0.25) is 11.8 Å². The van der Waals surface area contributed by atoms with E-state index in [1.807, 2.05) is 6.92 Å². The van der Waals surface area contributed by atoms with Gasteiger partial charge in [0.05, 0.1) is 11.1 Å². The molecule has 0 radical (unpaired) electrons. The van der Waals surface area contributed by atoms with E-state index in [-0.39, 0.29) is 16.8 Å². The lowest BCUT2D eigenvalue weighted by atomic mass is 10.0. The Labute approximate surface area is 268 Å². The molecule has 0 saturated carbocycles. The number of imide groups is 1. The van der Waals surface area contributed by atoms with Crippen molar-refractivity contribution in [3.05, 3.63) is 87.6 Å². The van der Waals surface area contributed by atoms with Crippen LogP contribution in [-0.4, -0.2) is 90.1 Å². The maximum atomic E-state index is 13.6. The molecule has 3 aliphatic rings. The number of aliphatic carboxylic acids is 1. The number of β-lactam (4-membered cyclic amide) rings is 1. The van der Waals surface area contributed by atoms with Gasteiger partial charge in [0, 0.05) is 11.5 Å². The first-order valence-corrected chi connectivity index (χ1v) is 16.4. The van der Waals surface area contributed by atoms with Crippen molar-refractivity contribution in [2.24, 2.45) is 0 Å². The second kappa shape index (κ2) is 12.5. The normalized spacial score (nSPS) is 19.5. The minimum atomic E-state index is -1.26. The van der Waals surface area contributed by atoms with E-state index >= 15 is 0 Å². The summed E-state index contributed by atoms with van der Waals surface area (Å²) in [4.78, 5) is 79.7. The second-order valence-corrected chi connectivity index (χ2v) is 13.7. The highest BCUT2D eigenvalue weighted by atomic mass is 32.2. The van der Waals surface area contributed by atoms with E-state index in [4.69, 9.17) is 0 Å². The smallest absolute Gasteiger partial charge is 0.352 e. The molecule has 1 fully saturated rings. The maximum Gasteiger partial charge on any atom is 0.352 e. The van der Waals surface area contributed by atoms with E-state index < -0.39 is 59.5 Å². The molecule has 5 amide bonds. The minimum Gasteiger partial charge on any atom is -0.477 e. The summed E-state index contributed by atoms with van der Waals surface area (Å²) < 4.78 is 0.689. The molecule has 3 N–H and O–H groups in total. The molecule has 0 bridgehead atoms. The van der Waals surface area contributed by atoms with Crippen LogP contribution in [0.25, 0.3) is 0 Å². The number of aromatic nitrogens is 2. The van der Waals surface area contributed by atoms with Gasteiger partial charge in [0.15, 0.2) is 4.34 Å². The van der Waals surface area contributed by atoms with Crippen LogP contribution in [0.15, 0.2) is 70.2 Å². The summed E-state index contributed by atoms with van der Waals surface area (Å²) in [6.45, 7) is 1.21. The third-order valence-electron chi connectivity index (χ3n) is 7.31. The Hall–Kier alpha value is -4.54. The number of carbonyl (C=O) groups excluding carboxylic acids is 5. The topological polar surface area (TPSA) is 179 Å². The third kappa shape index (κ3) is 5.83. The summed E-state index contributed by atoms with van der Waals surface area (Å²) in [5, 5.41) is 23.4. The minimum absolute atomic E-state index is 0.114. The molecule has 0 spiro atoms. The molecule has 6 rings (SSSR count). The van der Waals surface area contributed by atoms with Gasteiger partial charge in [-0.3, -0.25) is 33.8 Å². The number of rotatable bonds is 10. The van der Waals surface area contributed by atoms with Gasteiger partial charge in [-0.2, -0.15) is 0 Å². The average Bonchev–Trinajstić information content (AvgIpc) is 3.57. The van der Waals surface area contributed by atoms with Crippen molar-refractivity contribution in [3.63, 3.8) is 0 Å². The second-order valence-electron chi connectivity index (χ2n) is 10.2. The third-order valence-corrected chi connectivity index (χ3v) is 10.7. The number of hydrogen-bond acceptors (Lipinski definition) is 11. The standard InChI is InChI=1S/C29H24N6O7S3/c1-14-32-33-29(45-14)44-13-16-12-43-27-21(26(40)35(27)22(16)28(41)42)31-23(37)20(15-7-3-2-4-8-15)30-19(36)11-34-24(38)17-9-5-6-10-18(17)25(34)39/h2-10,20-21,27H,11-13H2,1H3,(H,30,36)(H,31,37)(H,41,42)/t20?,21?,27-/m1/s1. The van der Waals surface area contributed by atoms with E-state index in [2.05, 4.69) is 20.8 Å². The number of aryl methyl sites for hydroxylation is 1. The van der Waals surface area contributed by atoms with Crippen LogP contribution < -0.4 is 10.6 Å². The Balaban J connectivity index is 1.15. The van der Waals surface area contributed by atoms with Crippen molar-refractivity contribution in [2.45, 2.75) is 28.7 Å². The number of nitrogens with one attached hydrogen (secondary N) is 2. The summed E-state index contributed by atoms with van der Waals surface area (Å²) in [6, 6.07) is 12.3. The number of hydrogen-bond donors (Lipinski definition) is 3. The van der Waals surface area contributed by atoms with Gasteiger partial charge < -0.3 is 15.7 Å². The number of carboxylic acid groups (broad SMARTS) is 1. The molecule has 230 valence electrons. The molecular formula is C29H24N6O7S3. The number of fused-ring (bicyclic) bond motifs is 2. The molecule has 45 heavy (non-hydrogen) atoms. The van der Waals surface area contributed by atoms with Gasteiger partial charge in [0.1, 0.15) is 34.7 Å². The summed E-state index contributed by atoms with van der Waals surface area (Å²) in [7, 11) is 0. The van der Waals surface area contributed by atoms with Crippen LogP contribution in [0, 0.1) is 6.92 Å². The zero-order valence-electron chi connectivity index (χ0n) is 23.5. The predicted molar refractivity (Wildman–Crippen MR) is 164 cm³/mol. The zero-order valence-corrected chi connectivity index (χ0v) is 25.9. The molecular weight excluding hydrogens is 641 g/mol. The van der Waals surface area contributed by atoms with Gasteiger partial charge in [-0.15, -0.1) is 22.0 Å². The Kier molecular flexibility index (Phi) is 8.44. The molecule has 13 nitrogen and oxygen atoms in total. The lowest BCUT2D eigenvalue weighted by molar-refractivity contribution is -0.151.